The maximum absolute atomic E-state index is 10.2. The van der Waals surface area contributed by atoms with Gasteiger partial charge in [0.2, 0.25) is 0 Å². The second-order valence-corrected chi connectivity index (χ2v) is 6.31. The van der Waals surface area contributed by atoms with Crippen LogP contribution in [0.1, 0.15) is 32.8 Å². The van der Waals surface area contributed by atoms with Gasteiger partial charge in [-0.25, -0.2) is 0 Å². The Hall–Kier alpha value is -0.980. The monoisotopic (exact) mass is 308 g/mol. The topological polar surface area (TPSA) is 57.2 Å². The third kappa shape index (κ3) is 3.19. The normalized spacial score (nSPS) is 34.5. The molecule has 2 aliphatic heterocycles. The lowest BCUT2D eigenvalue weighted by molar-refractivity contribution is -0.245. The Labute approximate surface area is 131 Å². The molecule has 0 aromatic heterocycles. The van der Waals surface area contributed by atoms with E-state index in [2.05, 4.69) is 0 Å². The van der Waals surface area contributed by atoms with E-state index in [1.54, 1.807) is 0 Å². The number of benzene rings is 1. The van der Waals surface area contributed by atoms with Crippen LogP contribution in [0.2, 0.25) is 0 Å². The average molecular weight is 308 g/mol. The Morgan fingerprint density at radius 1 is 1.18 bits per heavy atom. The zero-order valence-electron chi connectivity index (χ0n) is 13.3. The highest BCUT2D eigenvalue weighted by Gasteiger charge is 2.57. The number of fused-ring (bicyclic) bond motifs is 1. The van der Waals surface area contributed by atoms with Gasteiger partial charge in [0.05, 0.1) is 12.7 Å². The van der Waals surface area contributed by atoms with E-state index >= 15 is 0 Å². The van der Waals surface area contributed by atoms with Crippen LogP contribution in [0, 0.1) is 0 Å². The molecule has 1 aromatic rings. The summed E-state index contributed by atoms with van der Waals surface area (Å²) in [6, 6.07) is 9.91. The van der Waals surface area contributed by atoms with Crippen molar-refractivity contribution >= 4 is 0 Å². The lowest BCUT2D eigenvalue weighted by Gasteiger charge is -2.26. The number of rotatable bonds is 5. The number of aliphatic hydroxyl groups is 1. The largest absolute Gasteiger partial charge is 0.390 e. The molecular weight excluding hydrogens is 284 g/mol. The molecule has 0 radical (unpaired) electrons. The summed E-state index contributed by atoms with van der Waals surface area (Å²) in [7, 11) is 0. The van der Waals surface area contributed by atoms with Crippen molar-refractivity contribution in [3.63, 3.8) is 0 Å². The molecular formula is C17H24O5. The van der Waals surface area contributed by atoms with E-state index in [4.69, 9.17) is 18.9 Å². The van der Waals surface area contributed by atoms with E-state index in [1.165, 1.54) is 0 Å². The van der Waals surface area contributed by atoms with Crippen molar-refractivity contribution in [2.45, 2.75) is 70.3 Å². The van der Waals surface area contributed by atoms with Gasteiger partial charge in [-0.1, -0.05) is 37.3 Å². The molecule has 2 saturated heterocycles. The van der Waals surface area contributed by atoms with Gasteiger partial charge in [0.1, 0.15) is 18.3 Å². The van der Waals surface area contributed by atoms with Gasteiger partial charge in [0.15, 0.2) is 12.1 Å². The van der Waals surface area contributed by atoms with Gasteiger partial charge in [0, 0.05) is 0 Å². The van der Waals surface area contributed by atoms with E-state index in [1.807, 2.05) is 51.1 Å². The molecule has 0 aliphatic carbocycles. The Kier molecular flexibility index (Phi) is 4.52. The SMILES string of the molecule is CC[C@@H](O)[C@H]1O[C@H](OCc2ccccc2)C2OC(C)(C)OC21. The first-order valence-corrected chi connectivity index (χ1v) is 7.85. The predicted molar refractivity (Wildman–Crippen MR) is 80.0 cm³/mol. The summed E-state index contributed by atoms with van der Waals surface area (Å²) in [6.07, 6.45) is -1.55. The van der Waals surface area contributed by atoms with Gasteiger partial charge < -0.3 is 24.1 Å². The molecule has 0 saturated carbocycles. The molecule has 1 N–H and O–H groups in total. The lowest BCUT2D eigenvalue weighted by atomic mass is 10.0. The molecule has 3 rings (SSSR count). The minimum atomic E-state index is -0.681. The first-order chi connectivity index (χ1) is 10.5. The average Bonchev–Trinajstić information content (AvgIpc) is 2.99. The van der Waals surface area contributed by atoms with Crippen LogP contribution in [0.15, 0.2) is 30.3 Å². The zero-order chi connectivity index (χ0) is 15.7. The molecule has 1 aromatic carbocycles. The van der Waals surface area contributed by atoms with Crippen molar-refractivity contribution in [1.29, 1.82) is 0 Å². The molecule has 2 aliphatic rings. The standard InChI is InChI=1S/C17H24O5/c1-4-12(18)13-14-15(22-17(2,3)21-14)16(20-13)19-10-11-8-6-5-7-9-11/h5-9,12-16,18H,4,10H2,1-3H3/t12-,13-,14?,15?,16+/m1/s1. The summed E-state index contributed by atoms with van der Waals surface area (Å²) < 4.78 is 23.6. The molecule has 0 bridgehead atoms. The molecule has 122 valence electrons. The molecule has 5 atom stereocenters. The van der Waals surface area contributed by atoms with Crippen molar-refractivity contribution in [2.75, 3.05) is 0 Å². The quantitative estimate of drug-likeness (QED) is 0.904. The fourth-order valence-corrected chi connectivity index (χ4v) is 3.02. The summed E-state index contributed by atoms with van der Waals surface area (Å²) in [6.45, 7) is 6.10. The van der Waals surface area contributed by atoms with Crippen LogP contribution >= 0.6 is 0 Å². The fourth-order valence-electron chi connectivity index (χ4n) is 3.02. The summed E-state index contributed by atoms with van der Waals surface area (Å²) in [5, 5.41) is 10.2. The van der Waals surface area contributed by atoms with Gasteiger partial charge in [-0.05, 0) is 25.8 Å². The molecule has 2 heterocycles. The van der Waals surface area contributed by atoms with Gasteiger partial charge >= 0.3 is 0 Å². The zero-order valence-corrected chi connectivity index (χ0v) is 13.3. The summed E-state index contributed by atoms with van der Waals surface area (Å²) in [4.78, 5) is 0. The predicted octanol–water partition coefficient (Wildman–Crippen LogP) is 2.22. The van der Waals surface area contributed by atoms with Gasteiger partial charge in [-0.3, -0.25) is 0 Å². The second-order valence-electron chi connectivity index (χ2n) is 6.31. The first kappa shape index (κ1) is 15.9. The number of hydrogen-bond acceptors (Lipinski definition) is 5. The van der Waals surface area contributed by atoms with Gasteiger partial charge in [-0.2, -0.15) is 0 Å². The van der Waals surface area contributed by atoms with Crippen LogP contribution in [0.3, 0.4) is 0 Å². The number of hydrogen-bond donors (Lipinski definition) is 1. The van der Waals surface area contributed by atoms with E-state index in [0.29, 0.717) is 13.0 Å². The maximum atomic E-state index is 10.2. The maximum Gasteiger partial charge on any atom is 0.187 e. The van der Waals surface area contributed by atoms with E-state index in [9.17, 15) is 5.11 Å². The molecule has 22 heavy (non-hydrogen) atoms. The fraction of sp³-hybridized carbons (Fsp3) is 0.647. The lowest BCUT2D eigenvalue weighted by Crippen LogP contribution is -2.38. The summed E-state index contributed by atoms with van der Waals surface area (Å²) in [5.74, 6) is -0.681. The van der Waals surface area contributed by atoms with Crippen LogP contribution in [0.4, 0.5) is 0 Å². The highest BCUT2D eigenvalue weighted by Crippen LogP contribution is 2.40. The molecule has 2 fully saturated rings. The van der Waals surface area contributed by atoms with Crippen LogP contribution in [-0.2, 0) is 25.6 Å². The van der Waals surface area contributed by atoms with Crippen molar-refractivity contribution in [1.82, 2.24) is 0 Å². The third-order valence-electron chi connectivity index (χ3n) is 4.10. The molecule has 2 unspecified atom stereocenters. The molecule has 5 nitrogen and oxygen atoms in total. The molecule has 0 amide bonds. The third-order valence-corrected chi connectivity index (χ3v) is 4.10. The second kappa shape index (κ2) is 6.26. The van der Waals surface area contributed by atoms with E-state index in [0.717, 1.165) is 5.56 Å². The van der Waals surface area contributed by atoms with Gasteiger partial charge in [0.25, 0.3) is 0 Å². The van der Waals surface area contributed by atoms with Crippen molar-refractivity contribution < 1.29 is 24.1 Å². The highest BCUT2D eigenvalue weighted by atomic mass is 16.8. The highest BCUT2D eigenvalue weighted by molar-refractivity contribution is 5.13. The summed E-state index contributed by atoms with van der Waals surface area (Å²) >= 11 is 0. The number of aliphatic hydroxyl groups excluding tert-OH is 1. The van der Waals surface area contributed by atoms with E-state index in [-0.39, 0.29) is 12.2 Å². The van der Waals surface area contributed by atoms with Crippen molar-refractivity contribution in [3.05, 3.63) is 35.9 Å². The Balaban J connectivity index is 1.69. The van der Waals surface area contributed by atoms with E-state index < -0.39 is 24.3 Å². The van der Waals surface area contributed by atoms with Crippen molar-refractivity contribution in [2.24, 2.45) is 0 Å². The van der Waals surface area contributed by atoms with Gasteiger partial charge in [-0.15, -0.1) is 0 Å². The Morgan fingerprint density at radius 2 is 1.86 bits per heavy atom. The van der Waals surface area contributed by atoms with Crippen LogP contribution < -0.4 is 0 Å². The Morgan fingerprint density at radius 3 is 2.55 bits per heavy atom. The van der Waals surface area contributed by atoms with Crippen LogP contribution in [0.5, 0.6) is 0 Å². The molecule has 0 spiro atoms. The Bertz CT molecular complexity index is 489. The van der Waals surface area contributed by atoms with Crippen LogP contribution in [0.25, 0.3) is 0 Å². The first-order valence-electron chi connectivity index (χ1n) is 7.85. The summed E-state index contributed by atoms with van der Waals surface area (Å²) in [5.41, 5.74) is 1.07. The smallest absolute Gasteiger partial charge is 0.187 e. The number of ether oxygens (including phenoxy) is 4. The van der Waals surface area contributed by atoms with Crippen LogP contribution in [-0.4, -0.2) is 41.6 Å². The minimum absolute atomic E-state index is 0.300. The minimum Gasteiger partial charge on any atom is -0.390 e. The molecule has 5 heteroatoms. The van der Waals surface area contributed by atoms with Crippen molar-refractivity contribution in [3.8, 4) is 0 Å².